The van der Waals surface area contributed by atoms with Crippen LogP contribution in [0.25, 0.3) is 0 Å². The second kappa shape index (κ2) is 6.49. The molecule has 0 amide bonds. The molecule has 0 radical (unpaired) electrons. The van der Waals surface area contributed by atoms with Crippen molar-refractivity contribution in [3.63, 3.8) is 0 Å². The van der Waals surface area contributed by atoms with E-state index in [1.54, 1.807) is 0 Å². The summed E-state index contributed by atoms with van der Waals surface area (Å²) in [6.45, 7) is 5.11. The van der Waals surface area contributed by atoms with Crippen molar-refractivity contribution in [3.8, 4) is 0 Å². The van der Waals surface area contributed by atoms with E-state index in [1.165, 1.54) is 44.9 Å². The highest BCUT2D eigenvalue weighted by atomic mass is 16.5. The molecular formula is C13H27NO. The van der Waals surface area contributed by atoms with Crippen LogP contribution >= 0.6 is 0 Å². The Morgan fingerprint density at radius 1 is 1.20 bits per heavy atom. The third-order valence-electron chi connectivity index (χ3n) is 3.68. The average molecular weight is 213 g/mol. The van der Waals surface area contributed by atoms with E-state index in [9.17, 15) is 0 Å². The number of rotatable bonds is 6. The molecule has 0 saturated heterocycles. The monoisotopic (exact) mass is 213 g/mol. The highest BCUT2D eigenvalue weighted by molar-refractivity contribution is 4.93. The summed E-state index contributed by atoms with van der Waals surface area (Å²) in [4.78, 5) is 0. The molecule has 2 nitrogen and oxygen atoms in total. The van der Waals surface area contributed by atoms with Gasteiger partial charge in [-0.25, -0.2) is 0 Å². The Labute approximate surface area is 94.6 Å². The van der Waals surface area contributed by atoms with Crippen LogP contribution in [0, 0.1) is 0 Å². The zero-order valence-corrected chi connectivity index (χ0v) is 10.4. The van der Waals surface area contributed by atoms with Crippen LogP contribution < -0.4 is 5.73 Å². The van der Waals surface area contributed by atoms with E-state index in [4.69, 9.17) is 10.5 Å². The van der Waals surface area contributed by atoms with Crippen molar-refractivity contribution >= 4 is 0 Å². The average Bonchev–Trinajstić information content (AvgIpc) is 2.27. The van der Waals surface area contributed by atoms with Crippen LogP contribution in [0.5, 0.6) is 0 Å². The van der Waals surface area contributed by atoms with Gasteiger partial charge in [0.1, 0.15) is 0 Å². The fourth-order valence-electron chi connectivity index (χ4n) is 2.75. The molecule has 2 N–H and O–H groups in total. The molecule has 1 unspecified atom stereocenters. The molecule has 0 aliphatic heterocycles. The van der Waals surface area contributed by atoms with Gasteiger partial charge in [0.25, 0.3) is 0 Å². The fraction of sp³-hybridized carbons (Fsp3) is 1.00. The van der Waals surface area contributed by atoms with Gasteiger partial charge in [-0.15, -0.1) is 0 Å². The Hall–Kier alpha value is -0.0800. The standard InChI is InChI=1S/C13H27NO/c1-3-5-9-12(14)13(15-4-2)10-7-6-8-11-13/h12H,3-11,14H2,1-2H3. The minimum atomic E-state index is 0.0160. The van der Waals surface area contributed by atoms with E-state index < -0.39 is 0 Å². The van der Waals surface area contributed by atoms with Gasteiger partial charge in [-0.1, -0.05) is 39.0 Å². The molecule has 0 bridgehead atoms. The maximum atomic E-state index is 6.33. The molecule has 1 atom stereocenters. The van der Waals surface area contributed by atoms with Gasteiger partial charge in [0.2, 0.25) is 0 Å². The van der Waals surface area contributed by atoms with Crippen LogP contribution in [-0.2, 0) is 4.74 Å². The lowest BCUT2D eigenvalue weighted by Gasteiger charge is -2.41. The van der Waals surface area contributed by atoms with E-state index in [2.05, 4.69) is 13.8 Å². The summed E-state index contributed by atoms with van der Waals surface area (Å²) < 4.78 is 6.00. The summed E-state index contributed by atoms with van der Waals surface area (Å²) in [5, 5.41) is 0. The molecule has 0 aromatic heterocycles. The molecule has 1 rings (SSSR count). The summed E-state index contributed by atoms with van der Waals surface area (Å²) in [5.41, 5.74) is 6.35. The number of nitrogens with two attached hydrogens (primary N) is 1. The first-order valence-electron chi connectivity index (χ1n) is 6.64. The van der Waals surface area contributed by atoms with Crippen LogP contribution in [0.4, 0.5) is 0 Å². The van der Waals surface area contributed by atoms with E-state index >= 15 is 0 Å². The Kier molecular flexibility index (Phi) is 5.62. The zero-order chi connectivity index (χ0) is 11.1. The first kappa shape index (κ1) is 13.0. The second-order valence-electron chi connectivity index (χ2n) is 4.81. The highest BCUT2D eigenvalue weighted by Gasteiger charge is 2.37. The lowest BCUT2D eigenvalue weighted by Crippen LogP contribution is -2.51. The van der Waals surface area contributed by atoms with Crippen LogP contribution in [0.15, 0.2) is 0 Å². The number of hydrogen-bond donors (Lipinski definition) is 1. The molecule has 0 heterocycles. The molecule has 1 aliphatic rings. The third kappa shape index (κ3) is 3.46. The predicted octanol–water partition coefficient (Wildman–Crippen LogP) is 3.24. The van der Waals surface area contributed by atoms with Crippen LogP contribution in [-0.4, -0.2) is 18.2 Å². The van der Waals surface area contributed by atoms with Crippen molar-refractivity contribution in [1.82, 2.24) is 0 Å². The van der Waals surface area contributed by atoms with Gasteiger partial charge in [0.15, 0.2) is 0 Å². The third-order valence-corrected chi connectivity index (χ3v) is 3.68. The summed E-state index contributed by atoms with van der Waals surface area (Å²) in [6, 6.07) is 0.248. The van der Waals surface area contributed by atoms with Crippen molar-refractivity contribution in [3.05, 3.63) is 0 Å². The molecule has 0 spiro atoms. The molecule has 0 aromatic carbocycles. The van der Waals surface area contributed by atoms with Crippen molar-refractivity contribution in [2.24, 2.45) is 5.73 Å². The van der Waals surface area contributed by atoms with Gasteiger partial charge in [0, 0.05) is 12.6 Å². The Balaban J connectivity index is 2.53. The zero-order valence-electron chi connectivity index (χ0n) is 10.4. The molecule has 1 fully saturated rings. The summed E-state index contributed by atoms with van der Waals surface area (Å²) in [6.07, 6.45) is 9.87. The maximum absolute atomic E-state index is 6.33. The lowest BCUT2D eigenvalue weighted by atomic mass is 9.78. The normalized spacial score (nSPS) is 22.6. The number of unbranched alkanes of at least 4 members (excludes halogenated alkanes) is 1. The molecule has 1 aliphatic carbocycles. The molecule has 0 aromatic rings. The van der Waals surface area contributed by atoms with E-state index in [0.29, 0.717) is 0 Å². The molecule has 90 valence electrons. The minimum absolute atomic E-state index is 0.0160. The molecule has 2 heteroatoms. The van der Waals surface area contributed by atoms with E-state index in [0.717, 1.165) is 13.0 Å². The Morgan fingerprint density at radius 2 is 1.87 bits per heavy atom. The van der Waals surface area contributed by atoms with Gasteiger partial charge >= 0.3 is 0 Å². The Morgan fingerprint density at radius 3 is 2.40 bits per heavy atom. The van der Waals surface area contributed by atoms with Gasteiger partial charge in [0.05, 0.1) is 5.60 Å². The highest BCUT2D eigenvalue weighted by Crippen LogP contribution is 2.35. The first-order chi connectivity index (χ1) is 7.25. The SMILES string of the molecule is CCCCC(N)C1(OCC)CCCCC1. The van der Waals surface area contributed by atoms with Crippen LogP contribution in [0.2, 0.25) is 0 Å². The van der Waals surface area contributed by atoms with Crippen LogP contribution in [0.1, 0.15) is 65.2 Å². The van der Waals surface area contributed by atoms with E-state index in [1.807, 2.05) is 0 Å². The largest absolute Gasteiger partial charge is 0.374 e. The quantitative estimate of drug-likeness (QED) is 0.735. The summed E-state index contributed by atoms with van der Waals surface area (Å²) in [5.74, 6) is 0. The Bertz CT molecular complexity index is 158. The van der Waals surface area contributed by atoms with Gasteiger partial charge in [-0.05, 0) is 26.2 Å². The topological polar surface area (TPSA) is 35.2 Å². The van der Waals surface area contributed by atoms with Crippen molar-refractivity contribution in [2.45, 2.75) is 76.9 Å². The lowest BCUT2D eigenvalue weighted by molar-refractivity contribution is -0.0836. The smallest absolute Gasteiger partial charge is 0.0832 e. The predicted molar refractivity (Wildman–Crippen MR) is 64.9 cm³/mol. The molecular weight excluding hydrogens is 186 g/mol. The first-order valence-corrected chi connectivity index (χ1v) is 6.64. The van der Waals surface area contributed by atoms with Crippen molar-refractivity contribution in [2.75, 3.05) is 6.61 Å². The van der Waals surface area contributed by atoms with Crippen molar-refractivity contribution < 1.29 is 4.74 Å². The van der Waals surface area contributed by atoms with Gasteiger partial charge < -0.3 is 10.5 Å². The van der Waals surface area contributed by atoms with Crippen LogP contribution in [0.3, 0.4) is 0 Å². The summed E-state index contributed by atoms with van der Waals surface area (Å²) in [7, 11) is 0. The summed E-state index contributed by atoms with van der Waals surface area (Å²) >= 11 is 0. The number of hydrogen-bond acceptors (Lipinski definition) is 2. The minimum Gasteiger partial charge on any atom is -0.374 e. The molecule has 15 heavy (non-hydrogen) atoms. The number of ether oxygens (including phenoxy) is 1. The second-order valence-corrected chi connectivity index (χ2v) is 4.81. The van der Waals surface area contributed by atoms with E-state index in [-0.39, 0.29) is 11.6 Å². The molecule has 1 saturated carbocycles. The van der Waals surface area contributed by atoms with Crippen molar-refractivity contribution in [1.29, 1.82) is 0 Å². The van der Waals surface area contributed by atoms with Gasteiger partial charge in [-0.2, -0.15) is 0 Å². The van der Waals surface area contributed by atoms with Gasteiger partial charge in [-0.3, -0.25) is 0 Å². The fourth-order valence-corrected chi connectivity index (χ4v) is 2.75. The maximum Gasteiger partial charge on any atom is 0.0832 e.